The molecule has 0 aromatic carbocycles. The van der Waals surface area contributed by atoms with Crippen LogP contribution in [0.2, 0.25) is 0 Å². The smallest absolute Gasteiger partial charge is 0.309 e. The third-order valence-corrected chi connectivity index (χ3v) is 3.24. The van der Waals surface area contributed by atoms with Gasteiger partial charge in [-0.3, -0.25) is 9.48 Å². The topological polar surface area (TPSA) is 47.4 Å². The fourth-order valence-electron chi connectivity index (χ4n) is 2.29. The Bertz CT molecular complexity index is 351. The molecule has 5 nitrogen and oxygen atoms in total. The largest absolute Gasteiger partial charge is 0.469 e. The number of aromatic nitrogens is 2. The van der Waals surface area contributed by atoms with Crippen LogP contribution in [0.5, 0.6) is 0 Å². The third kappa shape index (κ3) is 3.30. The molecule has 0 aliphatic carbocycles. The van der Waals surface area contributed by atoms with Crippen LogP contribution in [-0.4, -0.2) is 47.4 Å². The number of carbonyl (C=O) groups is 1. The highest BCUT2D eigenvalue weighted by Crippen LogP contribution is 2.17. The van der Waals surface area contributed by atoms with Gasteiger partial charge in [-0.1, -0.05) is 0 Å². The minimum absolute atomic E-state index is 0.0476. The number of nitrogens with zero attached hydrogens (tertiary/aromatic N) is 3. The first-order valence-electron chi connectivity index (χ1n) is 6.07. The van der Waals surface area contributed by atoms with E-state index in [1.807, 2.05) is 16.9 Å². The van der Waals surface area contributed by atoms with Gasteiger partial charge in [0.25, 0.3) is 0 Å². The molecule has 1 aromatic rings. The number of likely N-dealkylation sites (tertiary alicyclic amines) is 1. The van der Waals surface area contributed by atoms with Gasteiger partial charge in [0, 0.05) is 25.5 Å². The number of carbonyl (C=O) groups excluding carboxylic acids is 1. The molecule has 0 spiro atoms. The summed E-state index contributed by atoms with van der Waals surface area (Å²) in [5, 5.41) is 4.17. The van der Waals surface area contributed by atoms with E-state index in [4.69, 9.17) is 4.74 Å². The van der Waals surface area contributed by atoms with E-state index in [-0.39, 0.29) is 11.9 Å². The number of hydrogen-bond donors (Lipinski definition) is 0. The molecule has 5 heteroatoms. The third-order valence-electron chi connectivity index (χ3n) is 3.24. The van der Waals surface area contributed by atoms with Crippen LogP contribution in [0.25, 0.3) is 0 Å². The monoisotopic (exact) mass is 237 g/mol. The van der Waals surface area contributed by atoms with Gasteiger partial charge in [-0.2, -0.15) is 5.10 Å². The molecule has 1 unspecified atom stereocenters. The summed E-state index contributed by atoms with van der Waals surface area (Å²) in [5.74, 6) is -0.0276. The van der Waals surface area contributed by atoms with Gasteiger partial charge >= 0.3 is 5.97 Å². The molecule has 1 atom stereocenters. The SMILES string of the molecule is COC(=O)C1CCCN(CCn2cccn2)C1. The van der Waals surface area contributed by atoms with Crippen LogP contribution in [-0.2, 0) is 16.1 Å². The first kappa shape index (κ1) is 12.1. The van der Waals surface area contributed by atoms with E-state index >= 15 is 0 Å². The van der Waals surface area contributed by atoms with Crippen LogP contribution in [0.3, 0.4) is 0 Å². The summed E-state index contributed by atoms with van der Waals surface area (Å²) in [6, 6.07) is 1.92. The average Bonchev–Trinajstić information content (AvgIpc) is 2.89. The van der Waals surface area contributed by atoms with Crippen LogP contribution in [0, 0.1) is 5.92 Å². The van der Waals surface area contributed by atoms with Crippen molar-refractivity contribution in [1.29, 1.82) is 0 Å². The first-order chi connectivity index (χ1) is 8.29. The van der Waals surface area contributed by atoms with Crippen molar-refractivity contribution in [3.05, 3.63) is 18.5 Å². The van der Waals surface area contributed by atoms with E-state index < -0.39 is 0 Å². The van der Waals surface area contributed by atoms with Gasteiger partial charge in [-0.05, 0) is 25.5 Å². The molecule has 0 bridgehead atoms. The van der Waals surface area contributed by atoms with Crippen molar-refractivity contribution in [2.45, 2.75) is 19.4 Å². The van der Waals surface area contributed by atoms with Crippen LogP contribution in [0.1, 0.15) is 12.8 Å². The minimum atomic E-state index is -0.0752. The van der Waals surface area contributed by atoms with Crippen LogP contribution in [0.4, 0.5) is 0 Å². The summed E-state index contributed by atoms with van der Waals surface area (Å²) in [7, 11) is 1.46. The second kappa shape index (κ2) is 5.82. The molecule has 2 rings (SSSR count). The normalized spacial score (nSPS) is 21.4. The summed E-state index contributed by atoms with van der Waals surface area (Å²) >= 11 is 0. The van der Waals surface area contributed by atoms with Crippen LogP contribution >= 0.6 is 0 Å². The summed E-state index contributed by atoms with van der Waals surface area (Å²) in [6.45, 7) is 3.69. The molecule has 1 aliphatic rings. The maximum absolute atomic E-state index is 11.5. The van der Waals surface area contributed by atoms with E-state index in [2.05, 4.69) is 10.00 Å². The Hall–Kier alpha value is -1.36. The van der Waals surface area contributed by atoms with Gasteiger partial charge in [0.2, 0.25) is 0 Å². The average molecular weight is 237 g/mol. The summed E-state index contributed by atoms with van der Waals surface area (Å²) in [4.78, 5) is 13.8. The summed E-state index contributed by atoms with van der Waals surface area (Å²) < 4.78 is 6.72. The van der Waals surface area contributed by atoms with E-state index in [9.17, 15) is 4.79 Å². The fraction of sp³-hybridized carbons (Fsp3) is 0.667. The van der Waals surface area contributed by atoms with Crippen molar-refractivity contribution in [3.63, 3.8) is 0 Å². The van der Waals surface area contributed by atoms with Crippen molar-refractivity contribution in [3.8, 4) is 0 Å². The minimum Gasteiger partial charge on any atom is -0.469 e. The van der Waals surface area contributed by atoms with Gasteiger partial charge in [-0.15, -0.1) is 0 Å². The molecular formula is C12H19N3O2. The van der Waals surface area contributed by atoms with Crippen molar-refractivity contribution in [2.24, 2.45) is 5.92 Å². The molecular weight excluding hydrogens is 218 g/mol. The highest BCUT2D eigenvalue weighted by atomic mass is 16.5. The Labute approximate surface area is 101 Å². The van der Waals surface area contributed by atoms with Crippen molar-refractivity contribution in [2.75, 3.05) is 26.7 Å². The van der Waals surface area contributed by atoms with E-state index in [1.54, 1.807) is 6.20 Å². The standard InChI is InChI=1S/C12H19N3O2/c1-17-12(16)11-4-2-6-14(10-11)8-9-15-7-3-5-13-15/h3,5,7,11H,2,4,6,8-10H2,1H3. The van der Waals surface area contributed by atoms with Gasteiger partial charge in [0.15, 0.2) is 0 Å². The quantitative estimate of drug-likeness (QED) is 0.726. The molecule has 0 radical (unpaired) electrons. The molecule has 0 saturated carbocycles. The number of methoxy groups -OCH3 is 1. The van der Waals surface area contributed by atoms with Gasteiger partial charge < -0.3 is 9.64 Å². The first-order valence-corrected chi connectivity index (χ1v) is 6.07. The maximum Gasteiger partial charge on any atom is 0.309 e. The van der Waals surface area contributed by atoms with Crippen molar-refractivity contribution in [1.82, 2.24) is 14.7 Å². The Morgan fingerprint density at radius 2 is 2.41 bits per heavy atom. The van der Waals surface area contributed by atoms with Gasteiger partial charge in [0.1, 0.15) is 0 Å². The molecule has 1 aromatic heterocycles. The number of piperidine rings is 1. The second-order valence-electron chi connectivity index (χ2n) is 4.43. The Kier molecular flexibility index (Phi) is 4.14. The number of hydrogen-bond acceptors (Lipinski definition) is 4. The lowest BCUT2D eigenvalue weighted by Crippen LogP contribution is -2.40. The predicted octanol–water partition coefficient (Wildman–Crippen LogP) is 0.768. The zero-order valence-corrected chi connectivity index (χ0v) is 10.2. The Morgan fingerprint density at radius 3 is 3.12 bits per heavy atom. The van der Waals surface area contributed by atoms with Crippen molar-refractivity contribution < 1.29 is 9.53 Å². The lowest BCUT2D eigenvalue weighted by Gasteiger charge is -2.31. The summed E-state index contributed by atoms with van der Waals surface area (Å²) in [6.07, 6.45) is 5.76. The highest BCUT2D eigenvalue weighted by molar-refractivity contribution is 5.72. The number of esters is 1. The second-order valence-corrected chi connectivity index (χ2v) is 4.43. The molecule has 1 fully saturated rings. The fourth-order valence-corrected chi connectivity index (χ4v) is 2.29. The number of ether oxygens (including phenoxy) is 1. The zero-order valence-electron chi connectivity index (χ0n) is 10.2. The Balaban J connectivity index is 1.79. The molecule has 1 saturated heterocycles. The van der Waals surface area contributed by atoms with Crippen LogP contribution < -0.4 is 0 Å². The van der Waals surface area contributed by atoms with E-state index in [0.717, 1.165) is 39.0 Å². The lowest BCUT2D eigenvalue weighted by atomic mass is 9.98. The predicted molar refractivity (Wildman–Crippen MR) is 63.4 cm³/mol. The number of rotatable bonds is 4. The molecule has 2 heterocycles. The van der Waals surface area contributed by atoms with Crippen molar-refractivity contribution >= 4 is 5.97 Å². The summed E-state index contributed by atoms with van der Waals surface area (Å²) in [5.41, 5.74) is 0. The molecule has 94 valence electrons. The highest BCUT2D eigenvalue weighted by Gasteiger charge is 2.25. The van der Waals surface area contributed by atoms with E-state index in [1.165, 1.54) is 7.11 Å². The molecule has 17 heavy (non-hydrogen) atoms. The lowest BCUT2D eigenvalue weighted by molar-refractivity contribution is -0.147. The van der Waals surface area contributed by atoms with Crippen LogP contribution in [0.15, 0.2) is 18.5 Å². The zero-order chi connectivity index (χ0) is 12.1. The van der Waals surface area contributed by atoms with E-state index in [0.29, 0.717) is 0 Å². The molecule has 0 N–H and O–H groups in total. The van der Waals surface area contributed by atoms with Gasteiger partial charge in [0.05, 0.1) is 19.6 Å². The Morgan fingerprint density at radius 1 is 1.53 bits per heavy atom. The van der Waals surface area contributed by atoms with Gasteiger partial charge in [-0.25, -0.2) is 0 Å². The molecule has 1 aliphatic heterocycles. The maximum atomic E-state index is 11.5. The molecule has 0 amide bonds.